The minimum Gasteiger partial charge on any atom is -0.466 e. The molecule has 0 aliphatic heterocycles. The predicted octanol–water partition coefficient (Wildman–Crippen LogP) is 1.86. The fraction of sp³-hybridized carbons (Fsp3) is 0.462. The Morgan fingerprint density at radius 1 is 1.56 bits per heavy atom. The van der Waals surface area contributed by atoms with Crippen molar-refractivity contribution in [1.29, 1.82) is 0 Å². The standard InChI is InChI=1S/C13H18FNO3/c1-3-18-13(17)7-10(16)8-15-12-6-9(2)4-5-11(12)14/h4-6,10,15-16H,3,7-8H2,1-2H3. The number of nitrogens with one attached hydrogen (secondary N) is 1. The Morgan fingerprint density at radius 2 is 2.28 bits per heavy atom. The van der Waals surface area contributed by atoms with Crippen molar-refractivity contribution >= 4 is 11.7 Å². The summed E-state index contributed by atoms with van der Waals surface area (Å²) in [5.74, 6) is -0.847. The third kappa shape index (κ3) is 4.71. The van der Waals surface area contributed by atoms with E-state index in [0.717, 1.165) is 5.56 Å². The Labute approximate surface area is 106 Å². The lowest BCUT2D eigenvalue weighted by Gasteiger charge is -2.13. The maximum absolute atomic E-state index is 13.4. The zero-order chi connectivity index (χ0) is 13.5. The molecule has 0 bridgehead atoms. The lowest BCUT2D eigenvalue weighted by Crippen LogP contribution is -2.24. The van der Waals surface area contributed by atoms with Crippen molar-refractivity contribution in [2.75, 3.05) is 18.5 Å². The summed E-state index contributed by atoms with van der Waals surface area (Å²) in [5.41, 5.74) is 1.23. The minimum absolute atomic E-state index is 0.0964. The van der Waals surface area contributed by atoms with E-state index in [9.17, 15) is 14.3 Å². The van der Waals surface area contributed by atoms with E-state index in [1.165, 1.54) is 6.07 Å². The van der Waals surface area contributed by atoms with Gasteiger partial charge in [-0.15, -0.1) is 0 Å². The highest BCUT2D eigenvalue weighted by atomic mass is 19.1. The zero-order valence-corrected chi connectivity index (χ0v) is 10.6. The summed E-state index contributed by atoms with van der Waals surface area (Å²) in [5, 5.41) is 12.4. The van der Waals surface area contributed by atoms with Gasteiger partial charge in [0.15, 0.2) is 0 Å². The molecule has 100 valence electrons. The van der Waals surface area contributed by atoms with Gasteiger partial charge in [-0.3, -0.25) is 4.79 Å². The van der Waals surface area contributed by atoms with Crippen molar-refractivity contribution in [3.05, 3.63) is 29.6 Å². The van der Waals surface area contributed by atoms with Crippen LogP contribution in [-0.2, 0) is 9.53 Å². The molecule has 0 fully saturated rings. The summed E-state index contributed by atoms with van der Waals surface area (Å²) in [4.78, 5) is 11.1. The van der Waals surface area contributed by atoms with Gasteiger partial charge in [0.25, 0.3) is 0 Å². The van der Waals surface area contributed by atoms with Gasteiger partial charge < -0.3 is 15.2 Å². The number of aliphatic hydroxyl groups is 1. The predicted molar refractivity (Wildman–Crippen MR) is 66.9 cm³/mol. The highest BCUT2D eigenvalue weighted by molar-refractivity contribution is 5.70. The normalized spacial score (nSPS) is 12.0. The number of halogens is 1. The van der Waals surface area contributed by atoms with Crippen molar-refractivity contribution in [2.45, 2.75) is 26.4 Å². The van der Waals surface area contributed by atoms with Crippen LogP contribution in [0.5, 0.6) is 0 Å². The second kappa shape index (κ2) is 6.96. The number of carbonyl (C=O) groups excluding carboxylic acids is 1. The van der Waals surface area contributed by atoms with Crippen LogP contribution in [0.4, 0.5) is 10.1 Å². The van der Waals surface area contributed by atoms with Gasteiger partial charge in [-0.05, 0) is 31.5 Å². The molecule has 1 aromatic carbocycles. The number of carbonyl (C=O) groups is 1. The smallest absolute Gasteiger partial charge is 0.308 e. The molecule has 0 spiro atoms. The highest BCUT2D eigenvalue weighted by Gasteiger charge is 2.12. The molecule has 0 aliphatic rings. The molecule has 1 aromatic rings. The van der Waals surface area contributed by atoms with Crippen molar-refractivity contribution in [3.8, 4) is 0 Å². The number of rotatable bonds is 6. The molecule has 0 saturated carbocycles. The number of esters is 1. The maximum atomic E-state index is 13.4. The fourth-order valence-electron chi connectivity index (χ4n) is 1.49. The quantitative estimate of drug-likeness (QED) is 0.762. The largest absolute Gasteiger partial charge is 0.466 e. The van der Waals surface area contributed by atoms with Gasteiger partial charge in [-0.1, -0.05) is 6.07 Å². The molecular weight excluding hydrogens is 237 g/mol. The third-order valence-electron chi connectivity index (χ3n) is 2.36. The fourth-order valence-corrected chi connectivity index (χ4v) is 1.49. The van der Waals surface area contributed by atoms with Crippen LogP contribution >= 0.6 is 0 Å². The topological polar surface area (TPSA) is 58.6 Å². The van der Waals surface area contributed by atoms with Gasteiger partial charge in [0.05, 0.1) is 24.8 Å². The van der Waals surface area contributed by atoms with Crippen molar-refractivity contribution < 1.29 is 19.0 Å². The Hall–Kier alpha value is -1.62. The molecule has 1 rings (SSSR count). The second-order valence-corrected chi connectivity index (χ2v) is 4.03. The van der Waals surface area contributed by atoms with Crippen molar-refractivity contribution in [2.24, 2.45) is 0 Å². The van der Waals surface area contributed by atoms with E-state index in [1.807, 2.05) is 6.92 Å². The van der Waals surface area contributed by atoms with E-state index in [4.69, 9.17) is 4.74 Å². The van der Waals surface area contributed by atoms with Gasteiger partial charge in [0.1, 0.15) is 5.82 Å². The molecule has 5 heteroatoms. The molecule has 0 amide bonds. The number of ether oxygens (including phenoxy) is 1. The first-order valence-corrected chi connectivity index (χ1v) is 5.86. The lowest BCUT2D eigenvalue weighted by molar-refractivity contribution is -0.145. The molecule has 1 unspecified atom stereocenters. The van der Waals surface area contributed by atoms with E-state index in [2.05, 4.69) is 5.32 Å². The molecule has 2 N–H and O–H groups in total. The van der Waals surface area contributed by atoms with E-state index in [-0.39, 0.29) is 25.4 Å². The van der Waals surface area contributed by atoms with Gasteiger partial charge in [0, 0.05) is 6.54 Å². The van der Waals surface area contributed by atoms with Gasteiger partial charge in [-0.25, -0.2) is 4.39 Å². The molecular formula is C13H18FNO3. The summed E-state index contributed by atoms with van der Waals surface area (Å²) in [6.45, 7) is 3.93. The van der Waals surface area contributed by atoms with Crippen LogP contribution in [0, 0.1) is 12.7 Å². The molecule has 0 heterocycles. The van der Waals surface area contributed by atoms with Crippen LogP contribution in [0.25, 0.3) is 0 Å². The summed E-state index contributed by atoms with van der Waals surface area (Å²) in [7, 11) is 0. The Morgan fingerprint density at radius 3 is 2.94 bits per heavy atom. The number of aliphatic hydroxyl groups excluding tert-OH is 1. The Kier molecular flexibility index (Phi) is 5.58. The van der Waals surface area contributed by atoms with E-state index < -0.39 is 12.1 Å². The maximum Gasteiger partial charge on any atom is 0.308 e. The van der Waals surface area contributed by atoms with E-state index in [1.54, 1.807) is 19.1 Å². The molecule has 4 nitrogen and oxygen atoms in total. The number of aryl methyl sites for hydroxylation is 1. The highest BCUT2D eigenvalue weighted by Crippen LogP contribution is 2.15. The SMILES string of the molecule is CCOC(=O)CC(O)CNc1cc(C)ccc1F. The average Bonchev–Trinajstić information content (AvgIpc) is 2.30. The number of hydrogen-bond donors (Lipinski definition) is 2. The summed E-state index contributed by atoms with van der Waals surface area (Å²) < 4.78 is 18.1. The number of anilines is 1. The minimum atomic E-state index is -0.899. The first-order chi connectivity index (χ1) is 8.52. The van der Waals surface area contributed by atoms with Gasteiger partial charge >= 0.3 is 5.97 Å². The Bertz CT molecular complexity index is 409. The Balaban J connectivity index is 2.44. The van der Waals surface area contributed by atoms with Gasteiger partial charge in [-0.2, -0.15) is 0 Å². The van der Waals surface area contributed by atoms with Gasteiger partial charge in [0.2, 0.25) is 0 Å². The first kappa shape index (κ1) is 14.4. The second-order valence-electron chi connectivity index (χ2n) is 4.03. The van der Waals surface area contributed by atoms with Crippen LogP contribution < -0.4 is 5.32 Å². The molecule has 1 atom stereocenters. The van der Waals surface area contributed by atoms with Crippen LogP contribution in [-0.4, -0.2) is 30.3 Å². The monoisotopic (exact) mass is 255 g/mol. The summed E-state index contributed by atoms with van der Waals surface area (Å²) in [6.07, 6.45) is -1.00. The number of benzene rings is 1. The first-order valence-electron chi connectivity index (χ1n) is 5.86. The van der Waals surface area contributed by atoms with E-state index >= 15 is 0 Å². The molecule has 18 heavy (non-hydrogen) atoms. The van der Waals surface area contributed by atoms with E-state index in [0.29, 0.717) is 5.69 Å². The molecule has 0 aliphatic carbocycles. The molecule has 0 radical (unpaired) electrons. The molecule has 0 aromatic heterocycles. The van der Waals surface area contributed by atoms with Crippen LogP contribution in [0.2, 0.25) is 0 Å². The average molecular weight is 255 g/mol. The third-order valence-corrected chi connectivity index (χ3v) is 2.36. The number of hydrogen-bond acceptors (Lipinski definition) is 4. The summed E-state index contributed by atoms with van der Waals surface area (Å²) in [6, 6.07) is 4.66. The van der Waals surface area contributed by atoms with Crippen molar-refractivity contribution in [3.63, 3.8) is 0 Å². The van der Waals surface area contributed by atoms with Crippen molar-refractivity contribution in [1.82, 2.24) is 0 Å². The van der Waals surface area contributed by atoms with Crippen LogP contribution in [0.15, 0.2) is 18.2 Å². The summed E-state index contributed by atoms with van der Waals surface area (Å²) >= 11 is 0. The molecule has 0 saturated heterocycles. The zero-order valence-electron chi connectivity index (χ0n) is 10.6. The van der Waals surface area contributed by atoms with Crippen LogP contribution in [0.1, 0.15) is 18.9 Å². The lowest BCUT2D eigenvalue weighted by atomic mass is 10.2. The van der Waals surface area contributed by atoms with Crippen LogP contribution in [0.3, 0.4) is 0 Å².